The van der Waals surface area contributed by atoms with Crippen LogP contribution in [0.2, 0.25) is 0 Å². The van der Waals surface area contributed by atoms with E-state index in [1.54, 1.807) is 0 Å². The number of benzene rings is 2. The monoisotopic (exact) mass is 409 g/mol. The molecule has 0 aliphatic heterocycles. The first kappa shape index (κ1) is 20.0. The predicted molar refractivity (Wildman–Crippen MR) is 119 cm³/mol. The van der Waals surface area contributed by atoms with Crippen LogP contribution in [0.4, 0.5) is 0 Å². The number of hydrogen-bond acceptors (Lipinski definition) is 2. The molecular weight excluding hydrogens is 382 g/mol. The lowest BCUT2D eigenvalue weighted by Crippen LogP contribution is -2.48. The molecule has 4 rings (SSSR count). The fourth-order valence-corrected chi connectivity index (χ4v) is 5.02. The molecule has 0 saturated heterocycles. The quantitative estimate of drug-likeness (QED) is 0.596. The van der Waals surface area contributed by atoms with Crippen LogP contribution in [0, 0.1) is 0 Å². The molecule has 3 aromatic rings. The smallest absolute Gasteiger partial charge is 0.241 e. The SMILES string of the molecule is CN(C)C1(c2ccccc2)CCC(N(Cl)C(=O)Cc2c[nH]c3ccccc23)CC1. The molecule has 152 valence electrons. The molecule has 1 N–H and O–H groups in total. The topological polar surface area (TPSA) is 39.3 Å². The molecule has 0 radical (unpaired) electrons. The van der Waals surface area contributed by atoms with Crippen LogP contribution in [0.15, 0.2) is 60.8 Å². The Morgan fingerprint density at radius 3 is 2.41 bits per heavy atom. The Morgan fingerprint density at radius 2 is 1.72 bits per heavy atom. The Bertz CT molecular complexity index is 974. The minimum atomic E-state index is -0.0292. The zero-order valence-electron chi connectivity index (χ0n) is 17.1. The summed E-state index contributed by atoms with van der Waals surface area (Å²) >= 11 is 6.56. The van der Waals surface area contributed by atoms with E-state index < -0.39 is 0 Å². The average molecular weight is 410 g/mol. The summed E-state index contributed by atoms with van der Waals surface area (Å²) in [6, 6.07) is 18.8. The first-order chi connectivity index (χ1) is 14.0. The highest BCUT2D eigenvalue weighted by Gasteiger charge is 2.40. The number of aromatic nitrogens is 1. The molecule has 0 spiro atoms. The van der Waals surface area contributed by atoms with Gasteiger partial charge in [0.05, 0.1) is 6.42 Å². The van der Waals surface area contributed by atoms with Gasteiger partial charge in [-0.05, 0) is 57.0 Å². The molecule has 0 atom stereocenters. The highest BCUT2D eigenvalue weighted by molar-refractivity contribution is 6.21. The molecule has 1 aliphatic rings. The average Bonchev–Trinajstić information content (AvgIpc) is 3.16. The summed E-state index contributed by atoms with van der Waals surface area (Å²) in [4.78, 5) is 18.4. The molecule has 1 aromatic heterocycles. The lowest BCUT2D eigenvalue weighted by Gasteiger charge is -2.46. The molecular formula is C24H28ClN3O. The van der Waals surface area contributed by atoms with Gasteiger partial charge in [-0.1, -0.05) is 48.5 Å². The first-order valence-electron chi connectivity index (χ1n) is 10.3. The number of aromatic amines is 1. The van der Waals surface area contributed by atoms with Crippen LogP contribution in [0.5, 0.6) is 0 Å². The van der Waals surface area contributed by atoms with Gasteiger partial charge in [0.25, 0.3) is 0 Å². The van der Waals surface area contributed by atoms with Crippen molar-refractivity contribution >= 4 is 28.6 Å². The van der Waals surface area contributed by atoms with Crippen molar-refractivity contribution < 1.29 is 4.79 Å². The number of fused-ring (bicyclic) bond motifs is 1. The summed E-state index contributed by atoms with van der Waals surface area (Å²) < 4.78 is 1.46. The van der Waals surface area contributed by atoms with E-state index in [1.165, 1.54) is 9.98 Å². The summed E-state index contributed by atoms with van der Waals surface area (Å²) in [6.07, 6.45) is 6.01. The summed E-state index contributed by atoms with van der Waals surface area (Å²) in [5.74, 6) is -0.0292. The van der Waals surface area contributed by atoms with E-state index in [9.17, 15) is 4.79 Å². The Balaban J connectivity index is 1.44. The number of nitrogens with one attached hydrogen (secondary N) is 1. The van der Waals surface area contributed by atoms with E-state index in [-0.39, 0.29) is 17.5 Å². The van der Waals surface area contributed by atoms with Crippen LogP contribution in [0.25, 0.3) is 10.9 Å². The van der Waals surface area contributed by atoms with Gasteiger partial charge in [0.15, 0.2) is 0 Å². The van der Waals surface area contributed by atoms with Crippen molar-refractivity contribution in [1.82, 2.24) is 14.3 Å². The van der Waals surface area contributed by atoms with Crippen molar-refractivity contribution in [3.05, 3.63) is 71.9 Å². The van der Waals surface area contributed by atoms with Gasteiger partial charge >= 0.3 is 0 Å². The molecule has 29 heavy (non-hydrogen) atoms. The van der Waals surface area contributed by atoms with Crippen molar-refractivity contribution in [3.8, 4) is 0 Å². The summed E-state index contributed by atoms with van der Waals surface area (Å²) in [6.45, 7) is 0. The lowest BCUT2D eigenvalue weighted by molar-refractivity contribution is -0.128. The van der Waals surface area contributed by atoms with Crippen LogP contribution in [0.1, 0.15) is 36.8 Å². The van der Waals surface area contributed by atoms with Crippen molar-refractivity contribution in [1.29, 1.82) is 0 Å². The highest BCUT2D eigenvalue weighted by atomic mass is 35.5. The third-order valence-electron chi connectivity index (χ3n) is 6.52. The number of para-hydroxylation sites is 1. The van der Waals surface area contributed by atoms with Crippen molar-refractivity contribution in [2.24, 2.45) is 0 Å². The number of carbonyl (C=O) groups is 1. The third kappa shape index (κ3) is 3.79. The molecule has 0 unspecified atom stereocenters. The highest BCUT2D eigenvalue weighted by Crippen LogP contribution is 2.42. The number of carbonyl (C=O) groups excluding carboxylic acids is 1. The summed E-state index contributed by atoms with van der Waals surface area (Å²) in [7, 11) is 4.29. The van der Waals surface area contributed by atoms with Gasteiger partial charge in [-0.15, -0.1) is 0 Å². The first-order valence-corrected chi connectivity index (χ1v) is 10.6. The molecule has 1 fully saturated rings. The molecule has 1 heterocycles. The number of halogens is 1. The standard InChI is InChI=1S/C24H28ClN3O/c1-27(2)24(19-8-4-3-5-9-19)14-12-20(13-15-24)28(25)23(29)16-18-17-26-22-11-7-6-10-21(18)22/h3-11,17,20,26H,12-16H2,1-2H3. The molecule has 1 aliphatic carbocycles. The fourth-order valence-electron chi connectivity index (χ4n) is 4.77. The van der Waals surface area contributed by atoms with E-state index in [4.69, 9.17) is 11.8 Å². The van der Waals surface area contributed by atoms with Crippen LogP contribution < -0.4 is 0 Å². The van der Waals surface area contributed by atoms with Crippen LogP contribution in [0.3, 0.4) is 0 Å². The van der Waals surface area contributed by atoms with E-state index in [1.807, 2.05) is 30.5 Å². The van der Waals surface area contributed by atoms with Gasteiger partial charge in [-0.3, -0.25) is 14.1 Å². The summed E-state index contributed by atoms with van der Waals surface area (Å²) in [5, 5.41) is 1.09. The maximum atomic E-state index is 12.9. The van der Waals surface area contributed by atoms with E-state index in [0.29, 0.717) is 6.42 Å². The normalized spacial score (nSPS) is 22.1. The number of amides is 1. The van der Waals surface area contributed by atoms with Gasteiger partial charge in [-0.25, -0.2) is 0 Å². The zero-order valence-corrected chi connectivity index (χ0v) is 17.8. The van der Waals surface area contributed by atoms with Crippen molar-refractivity contribution in [2.45, 2.75) is 43.7 Å². The van der Waals surface area contributed by atoms with Crippen LogP contribution >= 0.6 is 11.8 Å². The molecule has 2 aromatic carbocycles. The van der Waals surface area contributed by atoms with E-state index in [2.05, 4.69) is 54.3 Å². The van der Waals surface area contributed by atoms with Gasteiger partial charge in [0.1, 0.15) is 0 Å². The van der Waals surface area contributed by atoms with E-state index >= 15 is 0 Å². The fraction of sp³-hybridized carbons (Fsp3) is 0.375. The molecule has 5 heteroatoms. The van der Waals surface area contributed by atoms with Gasteiger partial charge in [0, 0.05) is 40.5 Å². The van der Waals surface area contributed by atoms with Crippen molar-refractivity contribution in [2.75, 3.05) is 14.1 Å². The summed E-state index contributed by atoms with van der Waals surface area (Å²) in [5.41, 5.74) is 3.40. The molecule has 1 saturated carbocycles. The van der Waals surface area contributed by atoms with Crippen LogP contribution in [-0.2, 0) is 16.8 Å². The third-order valence-corrected chi connectivity index (χ3v) is 6.99. The van der Waals surface area contributed by atoms with Gasteiger partial charge in [0.2, 0.25) is 5.91 Å². The predicted octanol–water partition coefficient (Wildman–Crippen LogP) is 5.09. The number of hydrogen-bond donors (Lipinski definition) is 1. The second kappa shape index (κ2) is 8.21. The molecule has 4 nitrogen and oxygen atoms in total. The maximum absolute atomic E-state index is 12.9. The Hall–Kier alpha value is -2.30. The molecule has 1 amide bonds. The number of rotatable bonds is 5. The Kier molecular flexibility index (Phi) is 5.66. The van der Waals surface area contributed by atoms with Gasteiger partial charge in [-0.2, -0.15) is 0 Å². The lowest BCUT2D eigenvalue weighted by atomic mass is 9.74. The Labute approximate surface area is 177 Å². The zero-order chi connectivity index (χ0) is 20.4. The van der Waals surface area contributed by atoms with Crippen LogP contribution in [-0.4, -0.2) is 40.3 Å². The minimum Gasteiger partial charge on any atom is -0.361 e. The second-order valence-electron chi connectivity index (χ2n) is 8.26. The number of H-pyrrole nitrogens is 1. The second-order valence-corrected chi connectivity index (χ2v) is 8.63. The number of nitrogens with zero attached hydrogens (tertiary/aromatic N) is 2. The minimum absolute atomic E-state index is 0.00930. The maximum Gasteiger partial charge on any atom is 0.241 e. The Morgan fingerprint density at radius 1 is 1.07 bits per heavy atom. The van der Waals surface area contributed by atoms with Gasteiger partial charge < -0.3 is 4.98 Å². The van der Waals surface area contributed by atoms with Crippen molar-refractivity contribution in [3.63, 3.8) is 0 Å². The van der Waals surface area contributed by atoms with E-state index in [0.717, 1.165) is 42.1 Å². The molecule has 0 bridgehead atoms. The largest absolute Gasteiger partial charge is 0.361 e.